The van der Waals surface area contributed by atoms with Crippen molar-refractivity contribution in [2.24, 2.45) is 5.92 Å². The van der Waals surface area contributed by atoms with E-state index in [0.717, 1.165) is 21.3 Å². The Balaban J connectivity index is 1.81. The fourth-order valence-electron chi connectivity index (χ4n) is 4.21. The van der Waals surface area contributed by atoms with Crippen molar-refractivity contribution < 1.29 is 21.6 Å². The average Bonchev–Trinajstić information content (AvgIpc) is 3.20. The highest BCUT2D eigenvalue weighted by molar-refractivity contribution is 7.90. The molecule has 0 bridgehead atoms. The van der Waals surface area contributed by atoms with Crippen molar-refractivity contribution >= 4 is 36.7 Å². The van der Waals surface area contributed by atoms with Crippen molar-refractivity contribution in [2.75, 3.05) is 12.8 Å². The van der Waals surface area contributed by atoms with Gasteiger partial charge in [0.1, 0.15) is 0 Å². The largest absolute Gasteiger partial charge is 0.273 e. The predicted molar refractivity (Wildman–Crippen MR) is 110 cm³/mol. The second kappa shape index (κ2) is 6.93. The van der Waals surface area contributed by atoms with Crippen molar-refractivity contribution in [3.63, 3.8) is 0 Å². The van der Waals surface area contributed by atoms with Gasteiger partial charge >= 0.3 is 0 Å². The maximum Gasteiger partial charge on any atom is 0.270 e. The van der Waals surface area contributed by atoms with Crippen LogP contribution in [0.3, 0.4) is 0 Å². The maximum atomic E-state index is 13.4. The highest BCUT2D eigenvalue weighted by atomic mass is 32.2. The first-order valence-electron chi connectivity index (χ1n) is 9.41. The van der Waals surface area contributed by atoms with E-state index in [-0.39, 0.29) is 17.1 Å². The number of nitrogens with zero attached hydrogens (tertiary/aromatic N) is 2. The number of fused-ring (bicyclic) bond motifs is 2. The maximum absolute atomic E-state index is 13.4. The summed E-state index contributed by atoms with van der Waals surface area (Å²) in [6.07, 6.45) is 3.67. The van der Waals surface area contributed by atoms with E-state index in [0.29, 0.717) is 12.8 Å². The molecular formula is C20H22N2O5S2. The van der Waals surface area contributed by atoms with E-state index in [1.54, 1.807) is 12.1 Å². The highest BCUT2D eigenvalue weighted by Crippen LogP contribution is 2.42. The molecule has 9 heteroatoms. The second-order valence-electron chi connectivity index (χ2n) is 7.42. The van der Waals surface area contributed by atoms with Crippen molar-refractivity contribution in [1.29, 1.82) is 0 Å². The Labute approximate surface area is 170 Å². The first-order chi connectivity index (χ1) is 13.7. The Morgan fingerprint density at radius 1 is 1.03 bits per heavy atom. The Morgan fingerprint density at radius 3 is 2.38 bits per heavy atom. The van der Waals surface area contributed by atoms with Crippen LogP contribution in [-0.4, -0.2) is 50.2 Å². The van der Waals surface area contributed by atoms with Crippen LogP contribution in [0.2, 0.25) is 0 Å². The van der Waals surface area contributed by atoms with Gasteiger partial charge in [0.25, 0.3) is 10.0 Å². The van der Waals surface area contributed by atoms with Crippen molar-refractivity contribution in [3.05, 3.63) is 54.2 Å². The fraction of sp³-hybridized carbons (Fsp3) is 0.350. The summed E-state index contributed by atoms with van der Waals surface area (Å²) in [7, 11) is -7.75. The molecule has 0 N–H and O–H groups in total. The Hall–Kier alpha value is -2.23. The third-order valence-electron chi connectivity index (χ3n) is 5.51. The Morgan fingerprint density at radius 2 is 1.72 bits per heavy atom. The third kappa shape index (κ3) is 3.17. The minimum Gasteiger partial charge on any atom is -0.273 e. The van der Waals surface area contributed by atoms with Gasteiger partial charge in [-0.15, -0.1) is 0 Å². The van der Waals surface area contributed by atoms with Crippen LogP contribution in [0.15, 0.2) is 59.1 Å². The van der Waals surface area contributed by atoms with Crippen LogP contribution in [0.1, 0.15) is 19.8 Å². The zero-order valence-corrected chi connectivity index (χ0v) is 17.8. The molecule has 1 saturated heterocycles. The number of hydrogen-bond donors (Lipinski definition) is 0. The number of carbonyl (C=O) groups excluding carboxylic acids is 1. The van der Waals surface area contributed by atoms with Gasteiger partial charge in [0.2, 0.25) is 15.9 Å². The van der Waals surface area contributed by atoms with E-state index in [1.807, 2.05) is 31.2 Å². The summed E-state index contributed by atoms with van der Waals surface area (Å²) in [4.78, 5) is 13.2. The van der Waals surface area contributed by atoms with E-state index < -0.39 is 37.9 Å². The molecule has 154 valence electrons. The van der Waals surface area contributed by atoms with Gasteiger partial charge in [-0.25, -0.2) is 21.1 Å². The molecule has 1 fully saturated rings. The minimum absolute atomic E-state index is 0.0131. The summed E-state index contributed by atoms with van der Waals surface area (Å²) in [6.45, 7) is 1.95. The zero-order chi connectivity index (χ0) is 21.0. The predicted octanol–water partition coefficient (Wildman–Crippen LogP) is 2.31. The lowest BCUT2D eigenvalue weighted by Gasteiger charge is -2.24. The molecule has 2 atom stereocenters. The molecular weight excluding hydrogens is 412 g/mol. The highest BCUT2D eigenvalue weighted by Gasteiger charge is 2.55. The molecule has 2 heterocycles. The Bertz CT molecular complexity index is 1230. The molecule has 2 aromatic carbocycles. The molecule has 7 nitrogen and oxygen atoms in total. The molecule has 1 amide bonds. The summed E-state index contributed by atoms with van der Waals surface area (Å²) >= 11 is 0. The van der Waals surface area contributed by atoms with Crippen LogP contribution in [0.25, 0.3) is 10.8 Å². The summed E-state index contributed by atoms with van der Waals surface area (Å²) in [5, 5.41) is 1.64. The van der Waals surface area contributed by atoms with Crippen LogP contribution in [-0.2, 0) is 24.8 Å². The summed E-state index contributed by atoms with van der Waals surface area (Å²) in [5.74, 6) is -1.27. The van der Waals surface area contributed by atoms with Crippen molar-refractivity contribution in [1.82, 2.24) is 8.61 Å². The molecule has 0 saturated carbocycles. The van der Waals surface area contributed by atoms with Gasteiger partial charge in [0, 0.05) is 6.54 Å². The van der Waals surface area contributed by atoms with E-state index in [2.05, 4.69) is 0 Å². The number of carbonyl (C=O) groups is 1. The van der Waals surface area contributed by atoms with E-state index in [9.17, 15) is 21.6 Å². The quantitative estimate of drug-likeness (QED) is 0.720. The number of benzene rings is 2. The molecule has 2 aliphatic heterocycles. The summed E-state index contributed by atoms with van der Waals surface area (Å²) < 4.78 is 53.4. The van der Waals surface area contributed by atoms with Gasteiger partial charge in [-0.1, -0.05) is 43.7 Å². The molecule has 29 heavy (non-hydrogen) atoms. The second-order valence-corrected chi connectivity index (χ2v) is 11.1. The van der Waals surface area contributed by atoms with Gasteiger partial charge in [0.05, 0.1) is 28.8 Å². The van der Waals surface area contributed by atoms with E-state index in [4.69, 9.17) is 0 Å². The van der Waals surface area contributed by atoms with Gasteiger partial charge in [0.15, 0.2) is 0 Å². The lowest BCUT2D eigenvalue weighted by atomic mass is 9.97. The molecule has 0 aliphatic carbocycles. The molecule has 4 rings (SSSR count). The molecule has 0 aromatic heterocycles. The molecule has 2 aromatic rings. The molecule has 2 aliphatic rings. The van der Waals surface area contributed by atoms with Crippen LogP contribution >= 0.6 is 0 Å². The normalized spacial score (nSPS) is 22.9. The first kappa shape index (κ1) is 20.1. The van der Waals surface area contributed by atoms with Crippen LogP contribution in [0.5, 0.6) is 0 Å². The lowest BCUT2D eigenvalue weighted by Crippen LogP contribution is -2.40. The monoisotopic (exact) mass is 434 g/mol. The first-order valence-corrected chi connectivity index (χ1v) is 12.7. The molecule has 0 radical (unpaired) electrons. The van der Waals surface area contributed by atoms with Crippen LogP contribution in [0, 0.1) is 5.92 Å². The standard InChI is InChI=1S/C20H22N2O5S2/c1-3-6-17-19-18(11-12-21(19)28(2,24)25)22(20(17)23)29(26,27)16-10-9-14-7-4-5-8-15(14)13-16/h4-5,7-11,13,17,19H,3,6,12H2,1-2H3/t17-,19-/m1/s1. The number of hydrogen-bond acceptors (Lipinski definition) is 5. The smallest absolute Gasteiger partial charge is 0.270 e. The molecule has 0 spiro atoms. The van der Waals surface area contributed by atoms with Gasteiger partial charge in [-0.3, -0.25) is 4.79 Å². The fourth-order valence-corrected chi connectivity index (χ4v) is 6.78. The number of rotatable bonds is 5. The Kier molecular flexibility index (Phi) is 4.79. The van der Waals surface area contributed by atoms with Crippen molar-refractivity contribution in [3.8, 4) is 0 Å². The zero-order valence-electron chi connectivity index (χ0n) is 16.1. The lowest BCUT2D eigenvalue weighted by molar-refractivity contribution is -0.127. The molecule has 0 unspecified atom stereocenters. The average molecular weight is 435 g/mol. The summed E-state index contributed by atoms with van der Waals surface area (Å²) in [6, 6.07) is 11.3. The third-order valence-corrected chi connectivity index (χ3v) is 8.46. The minimum atomic E-state index is -4.16. The van der Waals surface area contributed by atoms with Crippen LogP contribution in [0.4, 0.5) is 0 Å². The topological polar surface area (TPSA) is 91.8 Å². The number of amides is 1. The van der Waals surface area contributed by atoms with Crippen LogP contribution < -0.4 is 0 Å². The van der Waals surface area contributed by atoms with E-state index in [1.165, 1.54) is 16.4 Å². The number of sulfonamides is 2. The van der Waals surface area contributed by atoms with Gasteiger partial charge in [-0.2, -0.15) is 4.31 Å². The van der Waals surface area contributed by atoms with E-state index >= 15 is 0 Å². The van der Waals surface area contributed by atoms with Gasteiger partial charge in [-0.05, 0) is 35.4 Å². The van der Waals surface area contributed by atoms with Gasteiger partial charge < -0.3 is 0 Å². The SMILES string of the molecule is CCC[C@H]1C(=O)N(S(=O)(=O)c2ccc3ccccc3c2)C2=CCN(S(C)(=O)=O)[C@@H]21. The summed E-state index contributed by atoms with van der Waals surface area (Å²) in [5.41, 5.74) is 0.243. The van der Waals surface area contributed by atoms with Crippen molar-refractivity contribution in [2.45, 2.75) is 30.7 Å².